The number of likely N-dealkylation sites (N-methyl/N-ethyl adjacent to an activating group) is 1. The lowest BCUT2D eigenvalue weighted by molar-refractivity contribution is -0.121. The van der Waals surface area contributed by atoms with Gasteiger partial charge in [-0.3, -0.25) is 9.69 Å². The molecule has 1 saturated heterocycles. The molecule has 21 heavy (non-hydrogen) atoms. The molecule has 6 heteroatoms. The normalized spacial score (nSPS) is 17.0. The minimum absolute atomic E-state index is 0.110. The van der Waals surface area contributed by atoms with Gasteiger partial charge in [-0.2, -0.15) is 0 Å². The first kappa shape index (κ1) is 14.4. The number of rotatable bonds is 2. The molecule has 0 saturated carbocycles. The number of furan rings is 1. The first-order chi connectivity index (χ1) is 10.1. The lowest BCUT2D eigenvalue weighted by Crippen LogP contribution is -2.22. The number of amides is 1. The summed E-state index contributed by atoms with van der Waals surface area (Å²) < 4.78 is 6.29. The second-order valence-electron chi connectivity index (χ2n) is 4.42. The van der Waals surface area contributed by atoms with Crippen molar-refractivity contribution in [3.8, 4) is 11.3 Å². The van der Waals surface area contributed by atoms with Gasteiger partial charge in [0, 0.05) is 18.7 Å². The Labute approximate surface area is 136 Å². The summed E-state index contributed by atoms with van der Waals surface area (Å²) in [7, 11) is 1.66. The Bertz CT molecular complexity index is 767. The van der Waals surface area contributed by atoms with E-state index in [2.05, 4.69) is 0 Å². The molecule has 1 aromatic carbocycles. The third-order valence-corrected chi connectivity index (χ3v) is 4.84. The van der Waals surface area contributed by atoms with E-state index >= 15 is 0 Å². The van der Waals surface area contributed by atoms with E-state index in [1.165, 1.54) is 16.7 Å². The lowest BCUT2D eigenvalue weighted by atomic mass is 10.2. The molecule has 1 amide bonds. The smallest absolute Gasteiger partial charge is 0.266 e. The molecule has 0 aliphatic carbocycles. The molecule has 2 heterocycles. The summed E-state index contributed by atoms with van der Waals surface area (Å²) in [5.74, 6) is 1.15. The number of thioether (sulfide) groups is 1. The molecule has 0 unspecified atom stereocenters. The Balaban J connectivity index is 1.92. The number of hydrogen-bond acceptors (Lipinski definition) is 4. The van der Waals surface area contributed by atoms with Gasteiger partial charge in [-0.25, -0.2) is 0 Å². The highest BCUT2D eigenvalue weighted by Crippen LogP contribution is 2.33. The molecule has 0 bridgehead atoms. The van der Waals surface area contributed by atoms with Gasteiger partial charge in [0.1, 0.15) is 15.8 Å². The second-order valence-corrected chi connectivity index (χ2v) is 6.51. The van der Waals surface area contributed by atoms with Crippen LogP contribution in [-0.2, 0) is 4.79 Å². The van der Waals surface area contributed by atoms with Crippen LogP contribution in [0.2, 0.25) is 5.02 Å². The molecular weight excluding hydrogens is 326 g/mol. The van der Waals surface area contributed by atoms with Crippen molar-refractivity contribution >= 4 is 51.9 Å². The second kappa shape index (κ2) is 5.67. The zero-order valence-corrected chi connectivity index (χ0v) is 13.4. The van der Waals surface area contributed by atoms with Crippen LogP contribution in [0, 0.1) is 0 Å². The van der Waals surface area contributed by atoms with Crippen LogP contribution in [0.15, 0.2) is 45.7 Å². The van der Waals surface area contributed by atoms with Gasteiger partial charge in [0.2, 0.25) is 0 Å². The maximum atomic E-state index is 11.9. The zero-order valence-electron chi connectivity index (χ0n) is 11.0. The van der Waals surface area contributed by atoms with Crippen LogP contribution in [0.4, 0.5) is 0 Å². The SMILES string of the molecule is CN1C(=O)/C(=C\c2ccc(-c3ccccc3Cl)o2)SC1=S. The van der Waals surface area contributed by atoms with E-state index in [4.69, 9.17) is 28.2 Å². The summed E-state index contributed by atoms with van der Waals surface area (Å²) in [6.07, 6.45) is 1.70. The molecule has 0 radical (unpaired) electrons. The molecule has 3 nitrogen and oxygen atoms in total. The van der Waals surface area contributed by atoms with E-state index in [1.807, 2.05) is 24.3 Å². The highest BCUT2D eigenvalue weighted by molar-refractivity contribution is 8.26. The highest BCUT2D eigenvalue weighted by Gasteiger charge is 2.29. The Kier molecular flexibility index (Phi) is 3.89. The summed E-state index contributed by atoms with van der Waals surface area (Å²) in [6, 6.07) is 11.1. The van der Waals surface area contributed by atoms with Crippen LogP contribution in [0.3, 0.4) is 0 Å². The summed E-state index contributed by atoms with van der Waals surface area (Å²) >= 11 is 12.5. The first-order valence-corrected chi connectivity index (χ1v) is 7.73. The van der Waals surface area contributed by atoms with E-state index in [1.54, 1.807) is 25.3 Å². The average Bonchev–Trinajstić information content (AvgIpc) is 3.01. The third kappa shape index (κ3) is 2.77. The number of halogens is 1. The van der Waals surface area contributed by atoms with Crippen molar-refractivity contribution in [2.45, 2.75) is 0 Å². The van der Waals surface area contributed by atoms with Crippen LogP contribution < -0.4 is 0 Å². The minimum Gasteiger partial charge on any atom is -0.457 e. The van der Waals surface area contributed by atoms with Crippen LogP contribution in [0.1, 0.15) is 5.76 Å². The van der Waals surface area contributed by atoms with E-state index in [-0.39, 0.29) is 5.91 Å². The van der Waals surface area contributed by atoms with Crippen molar-refractivity contribution in [3.05, 3.63) is 52.1 Å². The fourth-order valence-electron chi connectivity index (χ4n) is 1.91. The number of carbonyl (C=O) groups is 1. The van der Waals surface area contributed by atoms with Gasteiger partial charge in [0.15, 0.2) is 0 Å². The molecule has 0 spiro atoms. The number of benzene rings is 1. The largest absolute Gasteiger partial charge is 0.457 e. The third-order valence-electron chi connectivity index (χ3n) is 3.03. The molecule has 1 aromatic heterocycles. The Morgan fingerprint density at radius 2 is 2.05 bits per heavy atom. The Morgan fingerprint density at radius 1 is 1.29 bits per heavy atom. The number of nitrogens with zero attached hydrogens (tertiary/aromatic N) is 1. The fourth-order valence-corrected chi connectivity index (χ4v) is 3.30. The first-order valence-electron chi connectivity index (χ1n) is 6.12. The van der Waals surface area contributed by atoms with Crippen molar-refractivity contribution < 1.29 is 9.21 Å². The van der Waals surface area contributed by atoms with Gasteiger partial charge < -0.3 is 4.42 Å². The number of thiocarbonyl (C=S) groups is 1. The Morgan fingerprint density at radius 3 is 2.71 bits per heavy atom. The van der Waals surface area contributed by atoms with Crippen LogP contribution >= 0.6 is 35.6 Å². The van der Waals surface area contributed by atoms with Crippen LogP contribution in [0.5, 0.6) is 0 Å². The molecule has 1 aliphatic rings. The highest BCUT2D eigenvalue weighted by atomic mass is 35.5. The summed E-state index contributed by atoms with van der Waals surface area (Å²) in [4.78, 5) is 13.9. The molecule has 1 aliphatic heterocycles. The Hall–Kier alpha value is -1.56. The van der Waals surface area contributed by atoms with Crippen molar-refractivity contribution in [3.63, 3.8) is 0 Å². The molecule has 2 aromatic rings. The van der Waals surface area contributed by atoms with Crippen LogP contribution in [0.25, 0.3) is 17.4 Å². The fraction of sp³-hybridized carbons (Fsp3) is 0.0667. The molecule has 3 rings (SSSR count). The zero-order chi connectivity index (χ0) is 15.0. The maximum Gasteiger partial charge on any atom is 0.266 e. The molecular formula is C15H10ClNO2S2. The summed E-state index contributed by atoms with van der Waals surface area (Å²) in [6.45, 7) is 0. The minimum atomic E-state index is -0.110. The predicted octanol–water partition coefficient (Wildman–Crippen LogP) is 4.43. The van der Waals surface area contributed by atoms with Crippen molar-refractivity contribution in [2.24, 2.45) is 0 Å². The van der Waals surface area contributed by atoms with Gasteiger partial charge in [-0.15, -0.1) is 0 Å². The van der Waals surface area contributed by atoms with E-state index in [0.717, 1.165) is 5.56 Å². The van der Waals surface area contributed by atoms with Crippen molar-refractivity contribution in [2.75, 3.05) is 7.05 Å². The van der Waals surface area contributed by atoms with Gasteiger partial charge in [0.05, 0.1) is 9.93 Å². The predicted molar refractivity (Wildman–Crippen MR) is 90.1 cm³/mol. The van der Waals surface area contributed by atoms with Crippen molar-refractivity contribution in [1.82, 2.24) is 4.90 Å². The lowest BCUT2D eigenvalue weighted by Gasteiger charge is -2.03. The van der Waals surface area contributed by atoms with Crippen molar-refractivity contribution in [1.29, 1.82) is 0 Å². The summed E-state index contributed by atoms with van der Waals surface area (Å²) in [5.41, 5.74) is 0.821. The standard InChI is InChI=1S/C15H10ClNO2S2/c1-17-14(18)13(21-15(17)20)8-9-6-7-12(19-9)10-4-2-3-5-11(10)16/h2-8H,1H3/b13-8+. The van der Waals surface area contributed by atoms with E-state index in [0.29, 0.717) is 25.8 Å². The van der Waals surface area contributed by atoms with Gasteiger partial charge in [-0.05, 0) is 24.3 Å². The summed E-state index contributed by atoms with van der Waals surface area (Å²) in [5, 5.41) is 0.623. The number of carbonyl (C=O) groups excluding carboxylic acids is 1. The monoisotopic (exact) mass is 335 g/mol. The maximum absolute atomic E-state index is 11.9. The van der Waals surface area contributed by atoms with E-state index < -0.39 is 0 Å². The molecule has 1 fully saturated rings. The quantitative estimate of drug-likeness (QED) is 0.600. The van der Waals surface area contributed by atoms with E-state index in [9.17, 15) is 4.79 Å². The average molecular weight is 336 g/mol. The number of hydrogen-bond donors (Lipinski definition) is 0. The van der Waals surface area contributed by atoms with Crippen LogP contribution in [-0.4, -0.2) is 22.2 Å². The molecule has 106 valence electrons. The molecule has 0 atom stereocenters. The topological polar surface area (TPSA) is 33.5 Å². The van der Waals surface area contributed by atoms with Gasteiger partial charge in [-0.1, -0.05) is 47.7 Å². The van der Waals surface area contributed by atoms with Gasteiger partial charge in [0.25, 0.3) is 5.91 Å². The van der Waals surface area contributed by atoms with Gasteiger partial charge >= 0.3 is 0 Å². The molecule has 0 N–H and O–H groups in total.